The molecular formula is C22H30N2O4. The van der Waals surface area contributed by atoms with E-state index in [1.165, 1.54) is 0 Å². The molecule has 0 radical (unpaired) electrons. The second kappa shape index (κ2) is 10.3. The Hall–Kier alpha value is -2.31. The van der Waals surface area contributed by atoms with Crippen LogP contribution in [0.15, 0.2) is 40.8 Å². The molecule has 1 saturated heterocycles. The lowest BCUT2D eigenvalue weighted by Gasteiger charge is -2.33. The molecule has 3 rings (SSSR count). The summed E-state index contributed by atoms with van der Waals surface area (Å²) in [5.74, 6) is 2.69. The van der Waals surface area contributed by atoms with Gasteiger partial charge in [0.05, 0.1) is 25.9 Å². The van der Waals surface area contributed by atoms with Crippen LogP contribution in [-0.4, -0.2) is 50.3 Å². The smallest absolute Gasteiger partial charge is 0.220 e. The number of aryl methyl sites for hydroxylation is 2. The Kier molecular flexibility index (Phi) is 7.51. The van der Waals surface area contributed by atoms with Crippen molar-refractivity contribution in [2.75, 3.05) is 39.5 Å². The summed E-state index contributed by atoms with van der Waals surface area (Å²) in [6.07, 6.45) is 1.17. The van der Waals surface area contributed by atoms with Crippen molar-refractivity contribution >= 4 is 5.91 Å². The van der Waals surface area contributed by atoms with Crippen LogP contribution in [0.1, 0.15) is 36.5 Å². The molecule has 6 heteroatoms. The molecule has 2 heterocycles. The molecule has 1 aromatic carbocycles. The third-order valence-corrected chi connectivity index (χ3v) is 4.94. The normalized spacial score (nSPS) is 15.9. The van der Waals surface area contributed by atoms with Gasteiger partial charge in [-0.05, 0) is 50.1 Å². The van der Waals surface area contributed by atoms with Crippen molar-refractivity contribution in [3.63, 3.8) is 0 Å². The van der Waals surface area contributed by atoms with E-state index >= 15 is 0 Å². The van der Waals surface area contributed by atoms with Crippen LogP contribution in [0, 0.1) is 6.92 Å². The highest BCUT2D eigenvalue weighted by molar-refractivity contribution is 5.76. The average molecular weight is 386 g/mol. The highest BCUT2D eigenvalue weighted by Gasteiger charge is 2.25. The Morgan fingerprint density at radius 2 is 1.93 bits per heavy atom. The molecule has 1 aliphatic rings. The molecule has 1 atom stereocenters. The minimum Gasteiger partial charge on any atom is -0.494 e. The Morgan fingerprint density at radius 3 is 2.57 bits per heavy atom. The number of morpholine rings is 1. The molecule has 0 spiro atoms. The number of hydrogen-bond acceptors (Lipinski definition) is 5. The molecule has 28 heavy (non-hydrogen) atoms. The summed E-state index contributed by atoms with van der Waals surface area (Å²) < 4.78 is 16.8. The third-order valence-electron chi connectivity index (χ3n) is 4.94. The van der Waals surface area contributed by atoms with Gasteiger partial charge in [0, 0.05) is 26.1 Å². The molecular weight excluding hydrogens is 356 g/mol. The maximum absolute atomic E-state index is 12.4. The lowest BCUT2D eigenvalue weighted by Crippen LogP contribution is -2.43. The van der Waals surface area contributed by atoms with E-state index in [0.29, 0.717) is 39.2 Å². The van der Waals surface area contributed by atoms with Crippen molar-refractivity contribution < 1.29 is 18.7 Å². The molecule has 1 aromatic heterocycles. The molecule has 0 saturated carbocycles. The highest BCUT2D eigenvalue weighted by Crippen LogP contribution is 2.23. The van der Waals surface area contributed by atoms with Gasteiger partial charge in [-0.15, -0.1) is 0 Å². The van der Waals surface area contributed by atoms with Gasteiger partial charge in [0.2, 0.25) is 5.91 Å². The number of furan rings is 1. The zero-order valence-electron chi connectivity index (χ0n) is 16.8. The molecule has 152 valence electrons. The Morgan fingerprint density at radius 1 is 1.18 bits per heavy atom. The van der Waals surface area contributed by atoms with Crippen LogP contribution in [0.2, 0.25) is 0 Å². The topological polar surface area (TPSA) is 63.9 Å². The molecule has 1 amide bonds. The fourth-order valence-electron chi connectivity index (χ4n) is 3.41. The first-order chi connectivity index (χ1) is 13.7. The summed E-state index contributed by atoms with van der Waals surface area (Å²) in [5.41, 5.74) is 1.13. The molecule has 1 unspecified atom stereocenters. The minimum absolute atomic E-state index is 0.0343. The van der Waals surface area contributed by atoms with Gasteiger partial charge in [-0.25, -0.2) is 0 Å². The summed E-state index contributed by atoms with van der Waals surface area (Å²) in [6, 6.07) is 11.9. The molecule has 1 aliphatic heterocycles. The van der Waals surface area contributed by atoms with Crippen LogP contribution in [-0.2, 0) is 16.0 Å². The summed E-state index contributed by atoms with van der Waals surface area (Å²) in [4.78, 5) is 14.7. The predicted octanol–water partition coefficient (Wildman–Crippen LogP) is 3.11. The molecule has 6 nitrogen and oxygen atoms in total. The van der Waals surface area contributed by atoms with Gasteiger partial charge in [-0.3, -0.25) is 9.69 Å². The first kappa shape index (κ1) is 20.4. The quantitative estimate of drug-likeness (QED) is 0.717. The fraction of sp³-hybridized carbons (Fsp3) is 0.500. The number of amides is 1. The second-order valence-corrected chi connectivity index (χ2v) is 6.99. The van der Waals surface area contributed by atoms with Crippen molar-refractivity contribution in [3.05, 3.63) is 53.5 Å². The number of carbonyl (C=O) groups excluding carboxylic acids is 1. The molecule has 1 N–H and O–H groups in total. The van der Waals surface area contributed by atoms with Crippen LogP contribution in [0.3, 0.4) is 0 Å². The Balaban J connectivity index is 1.51. The predicted molar refractivity (Wildman–Crippen MR) is 108 cm³/mol. The largest absolute Gasteiger partial charge is 0.494 e. The monoisotopic (exact) mass is 386 g/mol. The van der Waals surface area contributed by atoms with Gasteiger partial charge in [0.1, 0.15) is 17.3 Å². The standard InChI is InChI=1S/C22H30N2O4/c1-3-27-19-8-5-18(6-9-19)7-11-22(25)23-16-20(21-10-4-17(2)28-21)24-12-14-26-15-13-24/h4-6,8-10,20H,3,7,11-16H2,1-2H3,(H,23,25). The minimum atomic E-state index is 0.0343. The highest BCUT2D eigenvalue weighted by atomic mass is 16.5. The van der Waals surface area contributed by atoms with Crippen LogP contribution >= 0.6 is 0 Å². The first-order valence-electron chi connectivity index (χ1n) is 10.0. The van der Waals surface area contributed by atoms with Crippen molar-refractivity contribution in [1.29, 1.82) is 0 Å². The first-order valence-corrected chi connectivity index (χ1v) is 10.0. The molecule has 0 aliphatic carbocycles. The number of carbonyl (C=O) groups is 1. The van der Waals surface area contributed by atoms with E-state index in [9.17, 15) is 4.79 Å². The van der Waals surface area contributed by atoms with E-state index in [1.54, 1.807) is 0 Å². The average Bonchev–Trinajstić information content (AvgIpc) is 3.15. The summed E-state index contributed by atoms with van der Waals surface area (Å²) in [6.45, 7) is 8.20. The fourth-order valence-corrected chi connectivity index (χ4v) is 3.41. The summed E-state index contributed by atoms with van der Waals surface area (Å²) in [7, 11) is 0. The molecule has 0 bridgehead atoms. The Labute approximate surface area is 166 Å². The lowest BCUT2D eigenvalue weighted by molar-refractivity contribution is -0.121. The second-order valence-electron chi connectivity index (χ2n) is 6.99. The van der Waals surface area contributed by atoms with Gasteiger partial charge in [-0.2, -0.15) is 0 Å². The van der Waals surface area contributed by atoms with E-state index in [4.69, 9.17) is 13.9 Å². The SMILES string of the molecule is CCOc1ccc(CCC(=O)NCC(c2ccc(C)o2)N2CCOCC2)cc1. The van der Waals surface area contributed by atoms with E-state index in [-0.39, 0.29) is 11.9 Å². The van der Waals surface area contributed by atoms with Crippen LogP contribution in [0.25, 0.3) is 0 Å². The zero-order valence-corrected chi connectivity index (χ0v) is 16.8. The number of hydrogen-bond donors (Lipinski definition) is 1. The van der Waals surface area contributed by atoms with Gasteiger partial charge in [-0.1, -0.05) is 12.1 Å². The van der Waals surface area contributed by atoms with Crippen molar-refractivity contribution in [2.45, 2.75) is 32.7 Å². The molecule has 1 fully saturated rings. The third kappa shape index (κ3) is 5.84. The summed E-state index contributed by atoms with van der Waals surface area (Å²) >= 11 is 0. The molecule has 2 aromatic rings. The van der Waals surface area contributed by atoms with Crippen LogP contribution in [0.4, 0.5) is 0 Å². The van der Waals surface area contributed by atoms with Crippen molar-refractivity contribution in [3.8, 4) is 5.75 Å². The van der Waals surface area contributed by atoms with Crippen molar-refractivity contribution in [1.82, 2.24) is 10.2 Å². The summed E-state index contributed by atoms with van der Waals surface area (Å²) in [5, 5.41) is 3.08. The van der Waals surface area contributed by atoms with Gasteiger partial charge in [0.25, 0.3) is 0 Å². The lowest BCUT2D eigenvalue weighted by atomic mass is 10.1. The maximum Gasteiger partial charge on any atom is 0.220 e. The van der Waals surface area contributed by atoms with E-state index in [0.717, 1.165) is 35.9 Å². The van der Waals surface area contributed by atoms with Gasteiger partial charge >= 0.3 is 0 Å². The number of benzene rings is 1. The Bertz CT molecular complexity index is 735. The van der Waals surface area contributed by atoms with Crippen LogP contribution in [0.5, 0.6) is 5.75 Å². The van der Waals surface area contributed by atoms with Gasteiger partial charge in [0.15, 0.2) is 0 Å². The van der Waals surface area contributed by atoms with E-state index < -0.39 is 0 Å². The van der Waals surface area contributed by atoms with E-state index in [1.807, 2.05) is 50.2 Å². The maximum atomic E-state index is 12.4. The van der Waals surface area contributed by atoms with E-state index in [2.05, 4.69) is 10.2 Å². The zero-order chi connectivity index (χ0) is 19.8. The van der Waals surface area contributed by atoms with Crippen molar-refractivity contribution in [2.24, 2.45) is 0 Å². The number of rotatable bonds is 9. The number of nitrogens with zero attached hydrogens (tertiary/aromatic N) is 1. The number of ether oxygens (including phenoxy) is 2. The van der Waals surface area contributed by atoms with Gasteiger partial charge < -0.3 is 19.2 Å². The number of nitrogens with one attached hydrogen (secondary N) is 1. The van der Waals surface area contributed by atoms with Crippen LogP contribution < -0.4 is 10.1 Å².